The number of fused-ring (bicyclic) bond motifs is 1. The molecule has 0 unspecified atom stereocenters. The van der Waals surface area contributed by atoms with Gasteiger partial charge in [0.25, 0.3) is 0 Å². The number of hydrogen-bond donors (Lipinski definition) is 0. The van der Waals surface area contributed by atoms with E-state index in [0.29, 0.717) is 15.4 Å². The molecule has 4 rings (SSSR count). The zero-order valence-electron chi connectivity index (χ0n) is 13.1. The molecule has 0 N–H and O–H groups in total. The first kappa shape index (κ1) is 15.7. The molecule has 0 amide bonds. The molecule has 2 heterocycles. The Balaban J connectivity index is 1.90. The van der Waals surface area contributed by atoms with E-state index in [9.17, 15) is 0 Å². The minimum absolute atomic E-state index is 0.257. The molecule has 25 heavy (non-hydrogen) atoms. The van der Waals surface area contributed by atoms with Gasteiger partial charge in [0.2, 0.25) is 15.4 Å². The summed E-state index contributed by atoms with van der Waals surface area (Å²) in [6.45, 7) is 0. The first-order valence-electron chi connectivity index (χ1n) is 7.40. The Morgan fingerprint density at radius 1 is 1.00 bits per heavy atom. The fourth-order valence-electron chi connectivity index (χ4n) is 2.44. The zero-order valence-corrected chi connectivity index (χ0v) is 14.8. The molecule has 0 spiro atoms. The molecule has 0 bridgehead atoms. The molecular formula is C17H12N4O2S2. The summed E-state index contributed by atoms with van der Waals surface area (Å²) in [7, 11) is 1.62. The van der Waals surface area contributed by atoms with Crippen molar-refractivity contribution >= 4 is 30.3 Å². The SMILES string of the molecule is COc1ccc(-c2nn3c(=S)n(-c4ccccc4)c(=S)nc3o2)cc1. The maximum Gasteiger partial charge on any atom is 0.330 e. The third kappa shape index (κ3) is 2.75. The summed E-state index contributed by atoms with van der Waals surface area (Å²) in [6.07, 6.45) is 0. The van der Waals surface area contributed by atoms with Crippen LogP contribution < -0.4 is 4.74 Å². The van der Waals surface area contributed by atoms with Crippen LogP contribution in [-0.4, -0.2) is 26.3 Å². The van der Waals surface area contributed by atoms with Crippen LogP contribution in [0.4, 0.5) is 0 Å². The van der Waals surface area contributed by atoms with Crippen LogP contribution in [0.3, 0.4) is 0 Å². The molecule has 2 aromatic heterocycles. The second-order valence-electron chi connectivity index (χ2n) is 5.18. The van der Waals surface area contributed by atoms with E-state index in [4.69, 9.17) is 33.6 Å². The highest BCUT2D eigenvalue weighted by molar-refractivity contribution is 7.72. The Hall–Kier alpha value is -2.84. The zero-order chi connectivity index (χ0) is 17.4. The van der Waals surface area contributed by atoms with Crippen LogP contribution in [-0.2, 0) is 0 Å². The van der Waals surface area contributed by atoms with E-state index < -0.39 is 0 Å². The van der Waals surface area contributed by atoms with E-state index in [1.54, 1.807) is 11.7 Å². The Labute approximate surface area is 153 Å². The minimum atomic E-state index is 0.257. The number of nitrogens with zero attached hydrogens (tertiary/aromatic N) is 4. The van der Waals surface area contributed by atoms with Gasteiger partial charge in [-0.25, -0.2) is 0 Å². The van der Waals surface area contributed by atoms with Crippen molar-refractivity contribution in [3.05, 3.63) is 64.1 Å². The first-order valence-corrected chi connectivity index (χ1v) is 8.22. The molecule has 4 aromatic rings. The van der Waals surface area contributed by atoms with E-state index in [2.05, 4.69) is 10.1 Å². The summed E-state index contributed by atoms with van der Waals surface area (Å²) in [4.78, 5) is 4.31. The molecule has 0 aliphatic heterocycles. The molecule has 8 heteroatoms. The van der Waals surface area contributed by atoms with E-state index in [-0.39, 0.29) is 5.84 Å². The van der Waals surface area contributed by atoms with Gasteiger partial charge in [0.15, 0.2) is 0 Å². The van der Waals surface area contributed by atoms with Gasteiger partial charge in [0.05, 0.1) is 12.8 Å². The lowest BCUT2D eigenvalue weighted by Crippen LogP contribution is -2.07. The number of benzene rings is 2. The maximum atomic E-state index is 5.73. The van der Waals surface area contributed by atoms with Crippen LogP contribution >= 0.6 is 24.4 Å². The van der Waals surface area contributed by atoms with Crippen molar-refractivity contribution in [3.63, 3.8) is 0 Å². The third-order valence-electron chi connectivity index (χ3n) is 3.67. The third-order valence-corrected chi connectivity index (χ3v) is 4.30. The monoisotopic (exact) mass is 368 g/mol. The van der Waals surface area contributed by atoms with Gasteiger partial charge in [-0.15, -0.1) is 5.10 Å². The summed E-state index contributed by atoms with van der Waals surface area (Å²) in [5, 5.41) is 4.44. The molecule has 0 radical (unpaired) electrons. The normalized spacial score (nSPS) is 10.9. The van der Waals surface area contributed by atoms with Gasteiger partial charge in [-0.2, -0.15) is 9.50 Å². The predicted octanol–water partition coefficient (Wildman–Crippen LogP) is 4.25. The molecule has 0 fully saturated rings. The van der Waals surface area contributed by atoms with Crippen molar-refractivity contribution in [2.45, 2.75) is 0 Å². The summed E-state index contributed by atoms with van der Waals surface area (Å²) in [5.74, 6) is 1.42. The molecule has 0 atom stereocenters. The highest BCUT2D eigenvalue weighted by Gasteiger charge is 2.13. The fraction of sp³-hybridized carbons (Fsp3) is 0.0588. The van der Waals surface area contributed by atoms with E-state index in [1.807, 2.05) is 54.6 Å². The number of methoxy groups -OCH3 is 1. The minimum Gasteiger partial charge on any atom is -0.497 e. The van der Waals surface area contributed by atoms with Crippen LogP contribution in [0.2, 0.25) is 0 Å². The summed E-state index contributed by atoms with van der Waals surface area (Å²) in [6, 6.07) is 16.9. The molecular weight excluding hydrogens is 356 g/mol. The Morgan fingerprint density at radius 3 is 2.40 bits per heavy atom. The van der Waals surface area contributed by atoms with Crippen molar-refractivity contribution in [1.29, 1.82) is 0 Å². The first-order chi connectivity index (χ1) is 12.2. The summed E-state index contributed by atoms with van der Waals surface area (Å²) >= 11 is 10.9. The number of hydrogen-bond acceptors (Lipinski definition) is 6. The molecule has 0 saturated carbocycles. The number of aromatic nitrogens is 4. The quantitative estimate of drug-likeness (QED) is 0.504. The van der Waals surface area contributed by atoms with E-state index >= 15 is 0 Å². The van der Waals surface area contributed by atoms with Gasteiger partial charge in [0.1, 0.15) is 5.75 Å². The average Bonchev–Trinajstić information content (AvgIpc) is 3.07. The summed E-state index contributed by atoms with van der Waals surface area (Å²) in [5.41, 5.74) is 1.62. The van der Waals surface area contributed by atoms with Crippen LogP contribution in [0.15, 0.2) is 59.0 Å². The number of ether oxygens (including phenoxy) is 1. The highest BCUT2D eigenvalue weighted by Crippen LogP contribution is 2.22. The lowest BCUT2D eigenvalue weighted by molar-refractivity contribution is 0.415. The van der Waals surface area contributed by atoms with E-state index in [1.165, 1.54) is 4.52 Å². The van der Waals surface area contributed by atoms with Crippen LogP contribution in [0, 0.1) is 9.54 Å². The molecule has 0 aliphatic rings. The van der Waals surface area contributed by atoms with Gasteiger partial charge in [-0.3, -0.25) is 4.57 Å². The second kappa shape index (κ2) is 6.23. The highest BCUT2D eigenvalue weighted by atomic mass is 32.1. The molecule has 6 nitrogen and oxygen atoms in total. The number of para-hydroxylation sites is 1. The van der Waals surface area contributed by atoms with Gasteiger partial charge in [0, 0.05) is 5.56 Å². The smallest absolute Gasteiger partial charge is 0.330 e. The molecule has 124 valence electrons. The van der Waals surface area contributed by atoms with Crippen molar-refractivity contribution in [2.24, 2.45) is 0 Å². The average molecular weight is 368 g/mol. The molecule has 2 aromatic carbocycles. The van der Waals surface area contributed by atoms with Crippen LogP contribution in [0.1, 0.15) is 0 Å². The van der Waals surface area contributed by atoms with Crippen molar-refractivity contribution in [3.8, 4) is 22.9 Å². The van der Waals surface area contributed by atoms with Crippen molar-refractivity contribution in [2.75, 3.05) is 7.11 Å². The van der Waals surface area contributed by atoms with Crippen molar-refractivity contribution < 1.29 is 9.15 Å². The van der Waals surface area contributed by atoms with Gasteiger partial charge in [-0.1, -0.05) is 18.2 Å². The predicted molar refractivity (Wildman–Crippen MR) is 98.2 cm³/mol. The van der Waals surface area contributed by atoms with Crippen LogP contribution in [0.5, 0.6) is 5.75 Å². The lowest BCUT2D eigenvalue weighted by Gasteiger charge is -2.05. The van der Waals surface area contributed by atoms with Crippen LogP contribution in [0.25, 0.3) is 23.0 Å². The van der Waals surface area contributed by atoms with Gasteiger partial charge < -0.3 is 9.15 Å². The van der Waals surface area contributed by atoms with Gasteiger partial charge in [-0.05, 0) is 60.8 Å². The Kier molecular flexibility index (Phi) is 3.90. The topological polar surface area (TPSA) is 57.5 Å². The van der Waals surface area contributed by atoms with E-state index in [0.717, 1.165) is 17.0 Å². The molecule has 0 saturated heterocycles. The molecule has 0 aliphatic carbocycles. The Bertz CT molecular complexity index is 1160. The maximum absolute atomic E-state index is 5.73. The second-order valence-corrected chi connectivity index (χ2v) is 5.91. The van der Waals surface area contributed by atoms with Gasteiger partial charge >= 0.3 is 5.84 Å². The standard InChI is InChI=1S/C17H12N4O2S2/c1-22-13-9-7-11(8-10-13)14-19-21-15(23-14)18-16(24)20(17(21)25)12-5-3-2-4-6-12/h2-10H,1H3. The number of rotatable bonds is 3. The lowest BCUT2D eigenvalue weighted by atomic mass is 10.2. The van der Waals surface area contributed by atoms with Crippen molar-refractivity contribution in [1.82, 2.24) is 19.2 Å². The summed E-state index contributed by atoms with van der Waals surface area (Å²) < 4.78 is 14.7. The fourth-order valence-corrected chi connectivity index (χ4v) is 3.07. The Morgan fingerprint density at radius 2 is 1.72 bits per heavy atom. The largest absolute Gasteiger partial charge is 0.497 e.